The molecule has 29 heteroatoms. The fourth-order valence-electron chi connectivity index (χ4n) is 3.24. The highest BCUT2D eigenvalue weighted by Crippen LogP contribution is 2.44. The zero-order valence-corrected chi connectivity index (χ0v) is 21.2. The molecular formula is C17H5N13O16. The second-order valence-electron chi connectivity index (χ2n) is 7.80. The molecule has 234 valence electrons. The van der Waals surface area contributed by atoms with Crippen molar-refractivity contribution in [3.8, 4) is 0 Å². The molecule has 0 unspecified atom stereocenters. The van der Waals surface area contributed by atoms with Gasteiger partial charge in [-0.25, -0.2) is 0 Å². The summed E-state index contributed by atoms with van der Waals surface area (Å²) in [5, 5.41) is 104. The van der Waals surface area contributed by atoms with Crippen molar-refractivity contribution in [1.29, 1.82) is 0 Å². The molecule has 0 aliphatic heterocycles. The maximum atomic E-state index is 11.6. The number of nitrogens with zero attached hydrogens (tertiary/aromatic N) is 13. The SMILES string of the molecule is O=[N+]([O-])c1cc([N+](=O)[O-])c(N=Nc2nc(N=Nc3c([N+](=O)[O-])cc([N+](=O)[O-])cc3[N+](=O)[O-])c([N+](=O)[O-])cc2[N+](=O)[O-])c([N+](=O)[O-])c1. The Labute approximate surface area is 245 Å². The van der Waals surface area contributed by atoms with E-state index in [0.717, 1.165) is 0 Å². The minimum atomic E-state index is -1.38. The van der Waals surface area contributed by atoms with Gasteiger partial charge in [-0.1, -0.05) is 0 Å². The highest BCUT2D eigenvalue weighted by molar-refractivity contribution is 5.75. The number of azo groups is 2. The quantitative estimate of drug-likeness (QED) is 0.139. The number of hydrogen-bond donors (Lipinski definition) is 0. The van der Waals surface area contributed by atoms with Gasteiger partial charge < -0.3 is 0 Å². The summed E-state index contributed by atoms with van der Waals surface area (Å²) in [5.41, 5.74) is -13.1. The van der Waals surface area contributed by atoms with Gasteiger partial charge in [0.15, 0.2) is 0 Å². The Morgan fingerprint density at radius 2 is 0.630 bits per heavy atom. The summed E-state index contributed by atoms with van der Waals surface area (Å²) in [7, 11) is 0. The Kier molecular flexibility index (Phi) is 8.81. The van der Waals surface area contributed by atoms with E-state index < -0.39 is 108 Å². The maximum Gasteiger partial charge on any atom is 0.322 e. The van der Waals surface area contributed by atoms with Crippen LogP contribution in [-0.4, -0.2) is 44.4 Å². The number of nitro groups is 8. The molecule has 0 radical (unpaired) electrons. The first-order valence-electron chi connectivity index (χ1n) is 10.8. The van der Waals surface area contributed by atoms with Crippen molar-refractivity contribution in [3.63, 3.8) is 0 Å². The van der Waals surface area contributed by atoms with E-state index in [1.165, 1.54) is 0 Å². The first-order chi connectivity index (χ1) is 21.4. The molecule has 0 fully saturated rings. The van der Waals surface area contributed by atoms with Crippen molar-refractivity contribution >= 4 is 68.5 Å². The fraction of sp³-hybridized carbons (Fsp3) is 0. The monoisotopic (exact) mass is 647 g/mol. The van der Waals surface area contributed by atoms with Gasteiger partial charge in [-0.15, -0.1) is 20.5 Å². The van der Waals surface area contributed by atoms with Crippen molar-refractivity contribution in [2.24, 2.45) is 20.5 Å². The zero-order valence-electron chi connectivity index (χ0n) is 21.2. The van der Waals surface area contributed by atoms with Gasteiger partial charge in [-0.2, -0.15) is 4.98 Å². The lowest BCUT2D eigenvalue weighted by molar-refractivity contribution is -0.402. The van der Waals surface area contributed by atoms with Crippen molar-refractivity contribution in [2.45, 2.75) is 0 Å². The summed E-state index contributed by atoms with van der Waals surface area (Å²) in [6.07, 6.45) is 0. The Balaban J connectivity index is 2.34. The van der Waals surface area contributed by atoms with Gasteiger partial charge in [-0.05, 0) is 0 Å². The van der Waals surface area contributed by atoms with E-state index in [2.05, 4.69) is 25.4 Å². The van der Waals surface area contributed by atoms with E-state index in [-0.39, 0.29) is 30.3 Å². The zero-order chi connectivity index (χ0) is 34.6. The van der Waals surface area contributed by atoms with Crippen LogP contribution in [0.3, 0.4) is 0 Å². The molecule has 3 rings (SSSR count). The van der Waals surface area contributed by atoms with E-state index >= 15 is 0 Å². The average Bonchev–Trinajstić information content (AvgIpc) is 2.97. The Morgan fingerprint density at radius 1 is 0.370 bits per heavy atom. The second-order valence-corrected chi connectivity index (χ2v) is 7.80. The molecule has 1 heterocycles. The minimum absolute atomic E-state index is 0.118. The van der Waals surface area contributed by atoms with E-state index in [1.54, 1.807) is 0 Å². The molecule has 0 atom stereocenters. The summed E-state index contributed by atoms with van der Waals surface area (Å²) in [6.45, 7) is 0. The van der Waals surface area contributed by atoms with Crippen LogP contribution in [0.4, 0.5) is 68.5 Å². The molecule has 0 spiro atoms. The highest BCUT2D eigenvalue weighted by atomic mass is 16.7. The van der Waals surface area contributed by atoms with Crippen molar-refractivity contribution in [2.75, 3.05) is 0 Å². The summed E-state index contributed by atoms with van der Waals surface area (Å²) >= 11 is 0. The summed E-state index contributed by atoms with van der Waals surface area (Å²) < 4.78 is 0. The fourth-order valence-corrected chi connectivity index (χ4v) is 3.24. The van der Waals surface area contributed by atoms with E-state index in [1.807, 2.05) is 0 Å². The van der Waals surface area contributed by atoms with Crippen LogP contribution in [0.1, 0.15) is 0 Å². The third kappa shape index (κ3) is 6.55. The van der Waals surface area contributed by atoms with Gasteiger partial charge in [0, 0.05) is 0 Å². The van der Waals surface area contributed by atoms with Crippen molar-refractivity contribution in [1.82, 2.24) is 4.98 Å². The topological polar surface area (TPSA) is 407 Å². The molecule has 0 saturated carbocycles. The van der Waals surface area contributed by atoms with Crippen molar-refractivity contribution in [3.05, 3.63) is 111 Å². The first kappa shape index (κ1) is 32.5. The first-order valence-corrected chi connectivity index (χ1v) is 10.8. The molecule has 29 nitrogen and oxygen atoms in total. The van der Waals surface area contributed by atoms with Crippen LogP contribution >= 0.6 is 0 Å². The van der Waals surface area contributed by atoms with Gasteiger partial charge >= 0.3 is 34.1 Å². The van der Waals surface area contributed by atoms with Crippen LogP contribution in [0.5, 0.6) is 0 Å². The minimum Gasteiger partial charge on any atom is -0.258 e. The van der Waals surface area contributed by atoms with E-state index in [4.69, 9.17) is 0 Å². The average molecular weight is 647 g/mol. The van der Waals surface area contributed by atoms with Crippen LogP contribution in [0.15, 0.2) is 50.8 Å². The maximum absolute atomic E-state index is 11.6. The lowest BCUT2D eigenvalue weighted by atomic mass is 10.2. The van der Waals surface area contributed by atoms with Crippen LogP contribution < -0.4 is 0 Å². The number of benzene rings is 2. The number of aromatic nitrogens is 1. The Morgan fingerprint density at radius 3 is 0.848 bits per heavy atom. The van der Waals surface area contributed by atoms with Gasteiger partial charge in [-0.3, -0.25) is 80.9 Å². The third-order valence-electron chi connectivity index (χ3n) is 5.14. The number of non-ortho nitro benzene ring substituents is 2. The number of rotatable bonds is 12. The molecule has 0 saturated heterocycles. The lowest BCUT2D eigenvalue weighted by Crippen LogP contribution is -1.98. The molecule has 1 aromatic heterocycles. The predicted molar refractivity (Wildman–Crippen MR) is 139 cm³/mol. The van der Waals surface area contributed by atoms with Crippen LogP contribution in [0.25, 0.3) is 0 Å². The van der Waals surface area contributed by atoms with Crippen LogP contribution in [0.2, 0.25) is 0 Å². The molecule has 0 amide bonds. The predicted octanol–water partition coefficient (Wildman–Crippen LogP) is 5.18. The Hall–Kier alpha value is -8.01. The molecule has 0 bridgehead atoms. The van der Waals surface area contributed by atoms with Crippen LogP contribution in [0, 0.1) is 80.9 Å². The summed E-state index contributed by atoms with van der Waals surface area (Å²) in [6, 6.07) is 1.07. The molecule has 0 N–H and O–H groups in total. The summed E-state index contributed by atoms with van der Waals surface area (Å²) in [5.74, 6) is -2.64. The summed E-state index contributed by atoms with van der Waals surface area (Å²) in [4.78, 5) is 83.9. The number of pyridine rings is 1. The van der Waals surface area contributed by atoms with Gasteiger partial charge in [0.05, 0.1) is 63.7 Å². The standard InChI is InChI=1S/C17H5N13O16/c31-23(32)6-1-8(25(35)36)14(9(2-6)26(37)38)19-21-16-12(29(43)44)5-13(30(45)46)17(18-16)22-20-15-10(27(39)40)3-7(24(33)34)4-11(15)28(41)42/h1-5H. The van der Waals surface area contributed by atoms with E-state index in [0.29, 0.717) is 0 Å². The largest absolute Gasteiger partial charge is 0.322 e. The molecule has 0 aliphatic rings. The molecule has 2 aromatic carbocycles. The van der Waals surface area contributed by atoms with E-state index in [9.17, 15) is 80.9 Å². The Bertz CT molecular complexity index is 1780. The van der Waals surface area contributed by atoms with Gasteiger partial charge in [0.25, 0.3) is 23.0 Å². The third-order valence-corrected chi connectivity index (χ3v) is 5.14. The lowest BCUT2D eigenvalue weighted by Gasteiger charge is -2.02. The molecule has 3 aromatic rings. The molecular weight excluding hydrogens is 642 g/mol. The highest BCUT2D eigenvalue weighted by Gasteiger charge is 2.34. The number of hydrogen-bond acceptors (Lipinski definition) is 21. The van der Waals surface area contributed by atoms with Gasteiger partial charge in [0.2, 0.25) is 11.4 Å². The molecule has 0 aliphatic carbocycles. The smallest absolute Gasteiger partial charge is 0.258 e. The molecule has 46 heavy (non-hydrogen) atoms. The number of nitro benzene ring substituents is 6. The van der Waals surface area contributed by atoms with Crippen molar-refractivity contribution < 1.29 is 39.4 Å². The van der Waals surface area contributed by atoms with Crippen LogP contribution in [-0.2, 0) is 0 Å². The van der Waals surface area contributed by atoms with Gasteiger partial charge in [0.1, 0.15) is 6.07 Å². The normalized spacial score (nSPS) is 11.0. The second kappa shape index (κ2) is 12.5.